The summed E-state index contributed by atoms with van der Waals surface area (Å²) >= 11 is 0. The molecule has 0 saturated carbocycles. The number of morpholine rings is 1. The molecule has 1 fully saturated rings. The Hall–Kier alpha value is -0.250. The number of hydrogen-bond donors (Lipinski definition) is 1. The zero-order chi connectivity index (χ0) is 13.4. The van der Waals surface area contributed by atoms with Gasteiger partial charge in [-0.2, -0.15) is 8.42 Å². The fourth-order valence-electron chi connectivity index (χ4n) is 1.76. The first-order chi connectivity index (χ1) is 8.51. The van der Waals surface area contributed by atoms with Crippen molar-refractivity contribution in [3.63, 3.8) is 0 Å². The van der Waals surface area contributed by atoms with E-state index in [0.29, 0.717) is 33.0 Å². The molecule has 1 aliphatic heterocycles. The fourth-order valence-corrected chi connectivity index (χ4v) is 2.43. The van der Waals surface area contributed by atoms with Gasteiger partial charge in [0.2, 0.25) is 0 Å². The minimum atomic E-state index is -4.03. The monoisotopic (exact) mass is 283 g/mol. The van der Waals surface area contributed by atoms with E-state index >= 15 is 0 Å². The first-order valence-electron chi connectivity index (χ1n) is 5.87. The van der Waals surface area contributed by atoms with Gasteiger partial charge in [-0.15, -0.1) is 0 Å². The quantitative estimate of drug-likeness (QED) is 0.463. The van der Waals surface area contributed by atoms with Gasteiger partial charge in [0, 0.05) is 26.7 Å². The zero-order valence-electron chi connectivity index (χ0n) is 10.6. The van der Waals surface area contributed by atoms with Gasteiger partial charge in [0.05, 0.1) is 32.5 Å². The second-order valence-corrected chi connectivity index (χ2v) is 5.64. The van der Waals surface area contributed by atoms with Crippen molar-refractivity contribution >= 4 is 10.1 Å². The molecule has 1 saturated heterocycles. The molecule has 1 rings (SSSR count). The van der Waals surface area contributed by atoms with Crippen LogP contribution < -0.4 is 0 Å². The summed E-state index contributed by atoms with van der Waals surface area (Å²) in [6.45, 7) is 3.93. The largest absolute Gasteiger partial charge is 0.382 e. The predicted octanol–water partition coefficient (Wildman–Crippen LogP) is -0.762. The molecule has 1 N–H and O–H groups in total. The minimum absolute atomic E-state index is 0.307. The lowest BCUT2D eigenvalue weighted by Crippen LogP contribution is -2.44. The van der Waals surface area contributed by atoms with Crippen LogP contribution in [0.1, 0.15) is 0 Å². The zero-order valence-corrected chi connectivity index (χ0v) is 11.4. The van der Waals surface area contributed by atoms with Crippen LogP contribution in [0, 0.1) is 0 Å². The van der Waals surface area contributed by atoms with Gasteiger partial charge in [0.1, 0.15) is 5.75 Å². The molecule has 0 radical (unpaired) electrons. The van der Waals surface area contributed by atoms with Crippen LogP contribution in [0.3, 0.4) is 0 Å². The van der Waals surface area contributed by atoms with Crippen LogP contribution in [0.5, 0.6) is 0 Å². The molecule has 0 bridgehead atoms. The van der Waals surface area contributed by atoms with E-state index in [1.54, 1.807) is 7.11 Å². The summed E-state index contributed by atoms with van der Waals surface area (Å²) in [7, 11) is -2.49. The van der Waals surface area contributed by atoms with Crippen molar-refractivity contribution in [1.29, 1.82) is 0 Å². The van der Waals surface area contributed by atoms with E-state index in [4.69, 9.17) is 18.8 Å². The predicted molar refractivity (Wildman–Crippen MR) is 65.3 cm³/mol. The number of ether oxygens (including phenoxy) is 3. The lowest BCUT2D eigenvalue weighted by atomic mass is 10.3. The van der Waals surface area contributed by atoms with Gasteiger partial charge in [0.15, 0.2) is 0 Å². The summed E-state index contributed by atoms with van der Waals surface area (Å²) in [5.41, 5.74) is 0. The Balaban J connectivity index is 2.41. The highest BCUT2D eigenvalue weighted by Gasteiger charge is 2.22. The lowest BCUT2D eigenvalue weighted by molar-refractivity contribution is -0.0170. The molecule has 1 heterocycles. The molecule has 1 aliphatic rings. The first kappa shape index (κ1) is 15.8. The highest BCUT2D eigenvalue weighted by molar-refractivity contribution is 7.85. The van der Waals surface area contributed by atoms with Crippen molar-refractivity contribution < 1.29 is 27.2 Å². The highest BCUT2D eigenvalue weighted by Crippen LogP contribution is 2.04. The number of hydrogen-bond acceptors (Lipinski definition) is 6. The van der Waals surface area contributed by atoms with Crippen LogP contribution >= 0.6 is 0 Å². The van der Waals surface area contributed by atoms with Crippen molar-refractivity contribution in [2.45, 2.75) is 6.10 Å². The van der Waals surface area contributed by atoms with Crippen LogP contribution in [-0.2, 0) is 24.3 Å². The maximum absolute atomic E-state index is 10.9. The summed E-state index contributed by atoms with van der Waals surface area (Å²) in [6.07, 6.45) is -0.548. The second-order valence-electron chi connectivity index (χ2n) is 4.15. The smallest absolute Gasteiger partial charge is 0.267 e. The Bertz CT molecular complexity index is 314. The fraction of sp³-hybridized carbons (Fsp3) is 1.00. The summed E-state index contributed by atoms with van der Waals surface area (Å²) in [6, 6.07) is 0. The van der Waals surface area contributed by atoms with Crippen molar-refractivity contribution in [1.82, 2.24) is 4.90 Å². The van der Waals surface area contributed by atoms with Gasteiger partial charge < -0.3 is 14.2 Å². The van der Waals surface area contributed by atoms with Gasteiger partial charge in [0.25, 0.3) is 10.1 Å². The molecule has 1 unspecified atom stereocenters. The average Bonchev–Trinajstić information content (AvgIpc) is 2.28. The van der Waals surface area contributed by atoms with Crippen LogP contribution in [0.4, 0.5) is 0 Å². The van der Waals surface area contributed by atoms with Gasteiger partial charge in [-0.05, 0) is 0 Å². The van der Waals surface area contributed by atoms with E-state index in [2.05, 4.69) is 4.90 Å². The molecule has 108 valence electrons. The Kier molecular flexibility index (Phi) is 7.05. The van der Waals surface area contributed by atoms with Gasteiger partial charge in [-0.3, -0.25) is 9.45 Å². The van der Waals surface area contributed by atoms with Gasteiger partial charge in [-0.1, -0.05) is 0 Å². The third-order valence-corrected chi connectivity index (χ3v) is 3.40. The van der Waals surface area contributed by atoms with E-state index in [0.717, 1.165) is 13.1 Å². The third kappa shape index (κ3) is 7.24. The molecular formula is C10H21NO6S. The summed E-state index contributed by atoms with van der Waals surface area (Å²) < 4.78 is 46.2. The van der Waals surface area contributed by atoms with Crippen LogP contribution in [0.25, 0.3) is 0 Å². The average molecular weight is 283 g/mol. The first-order valence-corrected chi connectivity index (χ1v) is 7.48. The van der Waals surface area contributed by atoms with Gasteiger partial charge in [-0.25, -0.2) is 0 Å². The molecule has 1 atom stereocenters. The highest BCUT2D eigenvalue weighted by atomic mass is 32.2. The molecule has 0 spiro atoms. The normalized spacial score (nSPS) is 19.9. The van der Waals surface area contributed by atoms with Crippen LogP contribution in [0.15, 0.2) is 0 Å². The SMILES string of the molecule is COCCOC(CN1CCOCC1)CS(=O)(=O)O. The lowest BCUT2D eigenvalue weighted by Gasteiger charge is -2.30. The van der Waals surface area contributed by atoms with E-state index in [-0.39, 0.29) is 0 Å². The summed E-state index contributed by atoms with van der Waals surface area (Å²) in [5.74, 6) is -0.395. The molecule has 8 heteroatoms. The van der Waals surface area contributed by atoms with Crippen molar-refractivity contribution in [2.75, 3.05) is 58.9 Å². The third-order valence-electron chi connectivity index (χ3n) is 2.60. The maximum Gasteiger partial charge on any atom is 0.267 e. The molecule has 18 heavy (non-hydrogen) atoms. The Morgan fingerprint density at radius 3 is 2.56 bits per heavy atom. The summed E-state index contributed by atoms with van der Waals surface area (Å²) in [5, 5.41) is 0. The number of rotatable bonds is 8. The van der Waals surface area contributed by atoms with E-state index < -0.39 is 22.0 Å². The molecule has 0 aromatic rings. The van der Waals surface area contributed by atoms with E-state index in [1.165, 1.54) is 0 Å². The molecule has 0 amide bonds. The minimum Gasteiger partial charge on any atom is -0.382 e. The van der Waals surface area contributed by atoms with Crippen LogP contribution in [0.2, 0.25) is 0 Å². The number of nitrogens with zero attached hydrogens (tertiary/aromatic N) is 1. The van der Waals surface area contributed by atoms with Gasteiger partial charge >= 0.3 is 0 Å². The van der Waals surface area contributed by atoms with E-state index in [1.807, 2.05) is 0 Å². The Morgan fingerprint density at radius 2 is 2.00 bits per heavy atom. The molecule has 0 aromatic heterocycles. The number of methoxy groups -OCH3 is 1. The second kappa shape index (κ2) is 8.03. The maximum atomic E-state index is 10.9. The van der Waals surface area contributed by atoms with Crippen molar-refractivity contribution in [3.8, 4) is 0 Å². The summed E-state index contributed by atoms with van der Waals surface area (Å²) in [4.78, 5) is 2.06. The molecule has 0 aliphatic carbocycles. The Morgan fingerprint density at radius 1 is 1.33 bits per heavy atom. The van der Waals surface area contributed by atoms with Crippen molar-refractivity contribution in [2.24, 2.45) is 0 Å². The molecule has 0 aromatic carbocycles. The van der Waals surface area contributed by atoms with E-state index in [9.17, 15) is 8.42 Å². The molecule has 7 nitrogen and oxygen atoms in total. The Labute approximate surface area is 108 Å². The molecular weight excluding hydrogens is 262 g/mol. The standard InChI is InChI=1S/C10H21NO6S/c1-15-6-7-17-10(9-18(12,13)14)8-11-2-4-16-5-3-11/h10H,2-9H2,1H3,(H,12,13,14). The van der Waals surface area contributed by atoms with Crippen LogP contribution in [-0.4, -0.2) is 82.9 Å². The van der Waals surface area contributed by atoms with Crippen molar-refractivity contribution in [3.05, 3.63) is 0 Å². The topological polar surface area (TPSA) is 85.3 Å².